The van der Waals surface area contributed by atoms with Crippen molar-refractivity contribution in [2.45, 2.75) is 38.6 Å². The van der Waals surface area contributed by atoms with E-state index in [9.17, 15) is 4.79 Å². The molecule has 5 heterocycles. The van der Waals surface area contributed by atoms with Crippen LogP contribution in [-0.4, -0.2) is 59.5 Å². The molecule has 1 saturated heterocycles. The lowest BCUT2D eigenvalue weighted by molar-refractivity contribution is -0.145. The van der Waals surface area contributed by atoms with Crippen molar-refractivity contribution in [1.82, 2.24) is 34.4 Å². The highest BCUT2D eigenvalue weighted by Crippen LogP contribution is 2.44. The highest BCUT2D eigenvalue weighted by molar-refractivity contribution is 5.92. The molecule has 6 rings (SSSR count). The average Bonchev–Trinajstić information content (AvgIpc) is 3.51. The number of anilines is 1. The molecule has 1 saturated carbocycles. The predicted octanol–water partition coefficient (Wildman–Crippen LogP) is 2.87. The first-order chi connectivity index (χ1) is 15.1. The molecule has 1 aliphatic carbocycles. The van der Waals surface area contributed by atoms with Gasteiger partial charge in [0.1, 0.15) is 5.65 Å². The Labute approximate surface area is 178 Å². The van der Waals surface area contributed by atoms with E-state index in [-0.39, 0.29) is 11.5 Å². The van der Waals surface area contributed by atoms with Crippen LogP contribution in [0.25, 0.3) is 27.9 Å². The van der Waals surface area contributed by atoms with Crippen LogP contribution in [0, 0.1) is 5.41 Å². The van der Waals surface area contributed by atoms with E-state index in [0.29, 0.717) is 11.9 Å². The third-order valence-corrected chi connectivity index (χ3v) is 6.60. The Morgan fingerprint density at radius 2 is 2.06 bits per heavy atom. The minimum absolute atomic E-state index is 0.217. The van der Waals surface area contributed by atoms with Crippen molar-refractivity contribution in [3.05, 3.63) is 36.9 Å². The number of nitrogens with zero attached hydrogens (tertiary/aromatic N) is 6. The number of H-pyrrole nitrogens is 1. The van der Waals surface area contributed by atoms with Gasteiger partial charge in [0.25, 0.3) is 0 Å². The topological polar surface area (TPSA) is 104 Å². The van der Waals surface area contributed by atoms with Gasteiger partial charge in [-0.1, -0.05) is 6.92 Å². The molecular weight excluding hydrogens is 392 g/mol. The van der Waals surface area contributed by atoms with E-state index in [1.54, 1.807) is 10.7 Å². The molecule has 2 aliphatic rings. The van der Waals surface area contributed by atoms with Crippen molar-refractivity contribution in [3.63, 3.8) is 0 Å². The lowest BCUT2D eigenvalue weighted by Gasteiger charge is -2.45. The number of nitrogens with one attached hydrogen (secondary N) is 2. The Bertz CT molecular complexity index is 1280. The number of likely N-dealkylation sites (tertiary alicyclic amines) is 1. The van der Waals surface area contributed by atoms with Gasteiger partial charge in [0, 0.05) is 54.7 Å². The third kappa shape index (κ3) is 3.03. The molecule has 2 fully saturated rings. The summed E-state index contributed by atoms with van der Waals surface area (Å²) in [6, 6.07) is 4.02. The zero-order valence-electron chi connectivity index (χ0n) is 17.4. The fraction of sp³-hybridized carbons (Fsp3) is 0.409. The fourth-order valence-corrected chi connectivity index (χ4v) is 4.94. The van der Waals surface area contributed by atoms with Gasteiger partial charge in [0.2, 0.25) is 11.9 Å². The van der Waals surface area contributed by atoms with Gasteiger partial charge in [-0.3, -0.25) is 4.79 Å². The second-order valence-corrected chi connectivity index (χ2v) is 8.91. The van der Waals surface area contributed by atoms with E-state index < -0.39 is 0 Å². The van der Waals surface area contributed by atoms with Gasteiger partial charge in [0.05, 0.1) is 17.3 Å². The molecule has 4 aromatic rings. The molecule has 0 unspecified atom stereocenters. The van der Waals surface area contributed by atoms with Crippen molar-refractivity contribution in [2.24, 2.45) is 5.41 Å². The molecule has 1 aliphatic heterocycles. The second-order valence-electron chi connectivity index (χ2n) is 8.91. The van der Waals surface area contributed by atoms with Crippen LogP contribution in [0.1, 0.15) is 32.6 Å². The number of amides is 1. The summed E-state index contributed by atoms with van der Waals surface area (Å²) < 4.78 is 1.73. The van der Waals surface area contributed by atoms with Gasteiger partial charge in [-0.15, -0.1) is 0 Å². The van der Waals surface area contributed by atoms with E-state index >= 15 is 0 Å². The summed E-state index contributed by atoms with van der Waals surface area (Å²) in [5.41, 5.74) is 3.10. The van der Waals surface area contributed by atoms with E-state index in [0.717, 1.165) is 66.7 Å². The van der Waals surface area contributed by atoms with Gasteiger partial charge >= 0.3 is 0 Å². The molecule has 0 radical (unpaired) electrons. The molecule has 4 aromatic heterocycles. The number of rotatable bonds is 4. The van der Waals surface area contributed by atoms with Crippen molar-refractivity contribution in [1.29, 1.82) is 0 Å². The van der Waals surface area contributed by atoms with E-state index in [4.69, 9.17) is 0 Å². The largest absolute Gasteiger partial charge is 0.351 e. The number of carbonyl (C=O) groups is 1. The molecule has 31 heavy (non-hydrogen) atoms. The lowest BCUT2D eigenvalue weighted by atomic mass is 9.66. The number of hydrogen-bond acceptors (Lipinski definition) is 6. The van der Waals surface area contributed by atoms with Crippen LogP contribution in [0.4, 0.5) is 5.95 Å². The Morgan fingerprint density at radius 1 is 1.23 bits per heavy atom. The molecular formula is C22H24N8O. The maximum absolute atomic E-state index is 12.8. The Balaban J connectivity index is 1.18. The second kappa shape index (κ2) is 6.76. The van der Waals surface area contributed by atoms with Crippen LogP contribution in [0.2, 0.25) is 0 Å². The summed E-state index contributed by atoms with van der Waals surface area (Å²) in [5.74, 6) is 0.886. The fourth-order valence-electron chi connectivity index (χ4n) is 4.94. The molecule has 158 valence electrons. The van der Waals surface area contributed by atoms with Crippen LogP contribution in [-0.2, 0) is 4.79 Å². The molecule has 0 atom stereocenters. The van der Waals surface area contributed by atoms with E-state index in [1.165, 1.54) is 0 Å². The molecule has 9 heteroatoms. The number of hydrogen-bond donors (Lipinski definition) is 2. The van der Waals surface area contributed by atoms with Crippen molar-refractivity contribution in [2.75, 3.05) is 18.4 Å². The summed E-state index contributed by atoms with van der Waals surface area (Å²) in [7, 11) is 0. The zero-order valence-corrected chi connectivity index (χ0v) is 17.4. The highest BCUT2D eigenvalue weighted by atomic mass is 16.2. The van der Waals surface area contributed by atoms with Gasteiger partial charge in [-0.05, 0) is 31.7 Å². The number of aromatic nitrogens is 6. The van der Waals surface area contributed by atoms with Crippen molar-refractivity contribution in [3.8, 4) is 11.3 Å². The molecule has 0 bridgehead atoms. The Hall–Kier alpha value is -3.49. The van der Waals surface area contributed by atoms with Gasteiger partial charge in [-0.2, -0.15) is 10.1 Å². The summed E-state index contributed by atoms with van der Waals surface area (Å²) in [4.78, 5) is 31.9. The normalized spacial score (nSPS) is 23.4. The smallest absolute Gasteiger partial charge is 0.228 e. The summed E-state index contributed by atoms with van der Waals surface area (Å²) in [6.07, 6.45) is 11.2. The summed E-state index contributed by atoms with van der Waals surface area (Å²) >= 11 is 0. The summed E-state index contributed by atoms with van der Waals surface area (Å²) in [6.45, 7) is 3.89. The molecule has 2 N–H and O–H groups in total. The lowest BCUT2D eigenvalue weighted by Crippen LogP contribution is -2.53. The maximum atomic E-state index is 12.8. The van der Waals surface area contributed by atoms with Crippen LogP contribution < -0.4 is 5.32 Å². The highest BCUT2D eigenvalue weighted by Gasteiger charge is 2.48. The van der Waals surface area contributed by atoms with Crippen molar-refractivity contribution < 1.29 is 4.79 Å². The quantitative estimate of drug-likeness (QED) is 0.530. The monoisotopic (exact) mass is 416 g/mol. The zero-order chi connectivity index (χ0) is 21.0. The van der Waals surface area contributed by atoms with Crippen molar-refractivity contribution >= 4 is 28.5 Å². The number of fused-ring (bicyclic) bond motifs is 2. The van der Waals surface area contributed by atoms with Crippen LogP contribution in [0.15, 0.2) is 36.9 Å². The molecule has 1 amide bonds. The standard InChI is InChI=1S/C22H24N8O/c1-22(20(31)29-7-2-3-8-29)10-14(11-22)26-21-24-13-16-15(12-23-19(16)28-21)17-5-9-30-18(27-17)4-6-25-30/h4-6,9,12-14H,2-3,7-8,10-11H2,1H3,(H2,23,24,26,28). The first kappa shape index (κ1) is 18.3. The summed E-state index contributed by atoms with van der Waals surface area (Å²) in [5, 5.41) is 8.51. The van der Waals surface area contributed by atoms with Gasteiger partial charge in [-0.25, -0.2) is 14.5 Å². The van der Waals surface area contributed by atoms with Crippen LogP contribution >= 0.6 is 0 Å². The maximum Gasteiger partial charge on any atom is 0.228 e. The molecule has 0 spiro atoms. The first-order valence-electron chi connectivity index (χ1n) is 10.8. The first-order valence-corrected chi connectivity index (χ1v) is 10.8. The predicted molar refractivity (Wildman–Crippen MR) is 116 cm³/mol. The molecule has 9 nitrogen and oxygen atoms in total. The Morgan fingerprint density at radius 3 is 2.90 bits per heavy atom. The van der Waals surface area contributed by atoms with Crippen LogP contribution in [0.3, 0.4) is 0 Å². The van der Waals surface area contributed by atoms with Crippen LogP contribution in [0.5, 0.6) is 0 Å². The van der Waals surface area contributed by atoms with E-state index in [1.807, 2.05) is 35.6 Å². The molecule has 0 aromatic carbocycles. The number of carbonyl (C=O) groups excluding carboxylic acids is 1. The number of aromatic amines is 1. The van der Waals surface area contributed by atoms with Gasteiger partial charge < -0.3 is 15.2 Å². The minimum Gasteiger partial charge on any atom is -0.351 e. The SMILES string of the molecule is CC1(C(=O)N2CCCC2)CC(Nc2ncc3c(-c4ccn5nccc5n4)c[nH]c3n2)C1. The third-order valence-electron chi connectivity index (χ3n) is 6.60. The minimum atomic E-state index is -0.260. The van der Waals surface area contributed by atoms with E-state index in [2.05, 4.69) is 37.3 Å². The Kier molecular flexibility index (Phi) is 3.99. The van der Waals surface area contributed by atoms with Gasteiger partial charge in [0.15, 0.2) is 5.65 Å². The average molecular weight is 416 g/mol.